The van der Waals surface area contributed by atoms with Crippen LogP contribution in [0.1, 0.15) is 70.8 Å². The molecule has 0 atom stereocenters. The molecule has 0 aliphatic heterocycles. The zero-order valence-corrected chi connectivity index (χ0v) is 13.2. The highest BCUT2D eigenvalue weighted by Gasteiger charge is 2.08. The van der Waals surface area contributed by atoms with Crippen molar-refractivity contribution in [2.45, 2.75) is 71.6 Å². The van der Waals surface area contributed by atoms with E-state index in [0.29, 0.717) is 5.75 Å². The van der Waals surface area contributed by atoms with Crippen LogP contribution < -0.4 is 4.74 Å². The topological polar surface area (TPSA) is 29.5 Å². The average Bonchev–Trinajstić information content (AvgIpc) is 2.45. The number of unbranched alkanes of at least 4 members (excludes halogenated alkanes) is 6. The molecule has 0 heterocycles. The fourth-order valence-electron chi connectivity index (χ4n) is 2.38. The van der Waals surface area contributed by atoms with Gasteiger partial charge in [-0.3, -0.25) is 0 Å². The molecule has 0 aliphatic rings. The van der Waals surface area contributed by atoms with Crippen molar-refractivity contribution in [3.8, 4) is 11.5 Å². The highest BCUT2D eigenvalue weighted by Crippen LogP contribution is 2.29. The SMILES string of the molecule is CCCCCCOc1cccc(O)c1CCCCCC. The van der Waals surface area contributed by atoms with Gasteiger partial charge in [0.15, 0.2) is 0 Å². The van der Waals surface area contributed by atoms with Gasteiger partial charge < -0.3 is 9.84 Å². The third-order valence-electron chi connectivity index (χ3n) is 3.64. The Balaban J connectivity index is 2.45. The van der Waals surface area contributed by atoms with E-state index in [1.807, 2.05) is 12.1 Å². The summed E-state index contributed by atoms with van der Waals surface area (Å²) in [5.74, 6) is 1.26. The summed E-state index contributed by atoms with van der Waals surface area (Å²) in [5, 5.41) is 10.0. The molecule has 0 saturated carbocycles. The molecule has 0 unspecified atom stereocenters. The molecule has 0 amide bonds. The number of phenolic OH excluding ortho intramolecular Hbond substituents is 1. The Morgan fingerprint density at radius 2 is 1.60 bits per heavy atom. The molecule has 2 nitrogen and oxygen atoms in total. The second-order valence-corrected chi connectivity index (χ2v) is 5.47. The lowest BCUT2D eigenvalue weighted by Gasteiger charge is -2.13. The van der Waals surface area contributed by atoms with E-state index >= 15 is 0 Å². The molecule has 114 valence electrons. The lowest BCUT2D eigenvalue weighted by Crippen LogP contribution is -2.01. The molecular weight excluding hydrogens is 248 g/mol. The van der Waals surface area contributed by atoms with Crippen molar-refractivity contribution in [3.05, 3.63) is 23.8 Å². The number of hydrogen-bond acceptors (Lipinski definition) is 2. The predicted octanol–water partition coefficient (Wildman–Crippen LogP) is 5.47. The summed E-state index contributed by atoms with van der Waals surface area (Å²) < 4.78 is 5.86. The minimum Gasteiger partial charge on any atom is -0.508 e. The number of hydrogen-bond donors (Lipinski definition) is 1. The molecule has 0 spiro atoms. The summed E-state index contributed by atoms with van der Waals surface area (Å²) in [7, 11) is 0. The summed E-state index contributed by atoms with van der Waals surface area (Å²) in [6, 6.07) is 5.61. The molecule has 0 aromatic heterocycles. The summed E-state index contributed by atoms with van der Waals surface area (Å²) >= 11 is 0. The van der Waals surface area contributed by atoms with Gasteiger partial charge in [-0.15, -0.1) is 0 Å². The Bertz CT molecular complexity index is 360. The number of phenols is 1. The molecule has 1 aromatic rings. The third-order valence-corrected chi connectivity index (χ3v) is 3.64. The van der Waals surface area contributed by atoms with E-state index in [1.54, 1.807) is 6.07 Å². The van der Waals surface area contributed by atoms with Crippen LogP contribution in [0, 0.1) is 0 Å². The van der Waals surface area contributed by atoms with E-state index in [2.05, 4.69) is 13.8 Å². The molecule has 1 rings (SSSR count). The van der Waals surface area contributed by atoms with Crippen LogP contribution in [0.5, 0.6) is 11.5 Å². The van der Waals surface area contributed by atoms with Gasteiger partial charge in [-0.05, 0) is 31.4 Å². The fraction of sp³-hybridized carbons (Fsp3) is 0.667. The van der Waals surface area contributed by atoms with Crippen molar-refractivity contribution in [1.82, 2.24) is 0 Å². The first-order valence-corrected chi connectivity index (χ1v) is 8.23. The van der Waals surface area contributed by atoms with Crippen molar-refractivity contribution in [3.63, 3.8) is 0 Å². The fourth-order valence-corrected chi connectivity index (χ4v) is 2.38. The summed E-state index contributed by atoms with van der Waals surface area (Å²) in [5.41, 5.74) is 0.985. The molecule has 0 aliphatic carbocycles. The molecule has 0 radical (unpaired) electrons. The van der Waals surface area contributed by atoms with Crippen molar-refractivity contribution >= 4 is 0 Å². The zero-order chi connectivity index (χ0) is 14.6. The Morgan fingerprint density at radius 3 is 2.30 bits per heavy atom. The first-order chi connectivity index (χ1) is 9.79. The predicted molar refractivity (Wildman–Crippen MR) is 85.6 cm³/mol. The zero-order valence-electron chi connectivity index (χ0n) is 13.2. The van der Waals surface area contributed by atoms with Gasteiger partial charge in [0.1, 0.15) is 11.5 Å². The lowest BCUT2D eigenvalue weighted by molar-refractivity contribution is 0.299. The maximum atomic E-state index is 10.0. The van der Waals surface area contributed by atoms with Crippen LogP contribution in [-0.2, 0) is 6.42 Å². The molecule has 0 bridgehead atoms. The van der Waals surface area contributed by atoms with Crippen LogP contribution >= 0.6 is 0 Å². The molecule has 0 fully saturated rings. The van der Waals surface area contributed by atoms with Crippen LogP contribution in [0.15, 0.2) is 18.2 Å². The van der Waals surface area contributed by atoms with Gasteiger partial charge in [-0.2, -0.15) is 0 Å². The van der Waals surface area contributed by atoms with E-state index in [9.17, 15) is 5.11 Å². The number of aromatic hydroxyl groups is 1. The van der Waals surface area contributed by atoms with Crippen LogP contribution in [-0.4, -0.2) is 11.7 Å². The van der Waals surface area contributed by atoms with Gasteiger partial charge in [-0.25, -0.2) is 0 Å². The van der Waals surface area contributed by atoms with E-state index in [4.69, 9.17) is 4.74 Å². The minimum atomic E-state index is 0.382. The first-order valence-electron chi connectivity index (χ1n) is 8.23. The molecule has 1 aromatic carbocycles. The van der Waals surface area contributed by atoms with Crippen molar-refractivity contribution in [2.24, 2.45) is 0 Å². The first kappa shape index (κ1) is 16.9. The molecule has 2 heteroatoms. The molecule has 0 saturated heterocycles. The van der Waals surface area contributed by atoms with Gasteiger partial charge in [0.05, 0.1) is 6.61 Å². The van der Waals surface area contributed by atoms with Crippen LogP contribution in [0.2, 0.25) is 0 Å². The van der Waals surface area contributed by atoms with Crippen molar-refractivity contribution in [2.75, 3.05) is 6.61 Å². The van der Waals surface area contributed by atoms with Gasteiger partial charge >= 0.3 is 0 Å². The Kier molecular flexibility index (Phi) is 8.93. The maximum absolute atomic E-state index is 10.0. The number of benzene rings is 1. The quantitative estimate of drug-likeness (QED) is 0.543. The second-order valence-electron chi connectivity index (χ2n) is 5.47. The van der Waals surface area contributed by atoms with E-state index in [1.165, 1.54) is 38.5 Å². The van der Waals surface area contributed by atoms with E-state index < -0.39 is 0 Å². The van der Waals surface area contributed by atoms with Crippen molar-refractivity contribution in [1.29, 1.82) is 0 Å². The maximum Gasteiger partial charge on any atom is 0.126 e. The van der Waals surface area contributed by atoms with E-state index in [-0.39, 0.29) is 0 Å². The molecule has 20 heavy (non-hydrogen) atoms. The third kappa shape index (κ3) is 6.31. The van der Waals surface area contributed by atoms with Gasteiger partial charge in [-0.1, -0.05) is 58.4 Å². The summed E-state index contributed by atoms with van der Waals surface area (Å²) in [6.07, 6.45) is 10.6. The summed E-state index contributed by atoms with van der Waals surface area (Å²) in [4.78, 5) is 0. The van der Waals surface area contributed by atoms with Crippen molar-refractivity contribution < 1.29 is 9.84 Å². The Morgan fingerprint density at radius 1 is 0.900 bits per heavy atom. The molecule has 1 N–H and O–H groups in total. The van der Waals surface area contributed by atoms with Crippen LogP contribution in [0.3, 0.4) is 0 Å². The highest BCUT2D eigenvalue weighted by atomic mass is 16.5. The van der Waals surface area contributed by atoms with Crippen LogP contribution in [0.4, 0.5) is 0 Å². The smallest absolute Gasteiger partial charge is 0.126 e. The lowest BCUT2D eigenvalue weighted by atomic mass is 10.0. The monoisotopic (exact) mass is 278 g/mol. The number of rotatable bonds is 11. The van der Waals surface area contributed by atoms with Gasteiger partial charge in [0.2, 0.25) is 0 Å². The number of ether oxygens (including phenoxy) is 1. The Labute approximate surface area is 124 Å². The molecular formula is C18H30O2. The Hall–Kier alpha value is -1.18. The second kappa shape index (κ2) is 10.6. The van der Waals surface area contributed by atoms with Gasteiger partial charge in [0, 0.05) is 5.56 Å². The average molecular weight is 278 g/mol. The normalized spacial score (nSPS) is 10.7. The summed E-state index contributed by atoms with van der Waals surface area (Å²) in [6.45, 7) is 5.18. The highest BCUT2D eigenvalue weighted by molar-refractivity contribution is 5.43. The van der Waals surface area contributed by atoms with Crippen LogP contribution in [0.25, 0.3) is 0 Å². The van der Waals surface area contributed by atoms with Gasteiger partial charge in [0.25, 0.3) is 0 Å². The minimum absolute atomic E-state index is 0.382. The largest absolute Gasteiger partial charge is 0.508 e. The van der Waals surface area contributed by atoms with E-state index in [0.717, 1.165) is 37.2 Å². The standard InChI is InChI=1S/C18H30O2/c1-3-5-7-9-12-16-17(19)13-11-14-18(16)20-15-10-8-6-4-2/h11,13-14,19H,3-10,12,15H2,1-2H3.